The average molecular weight is 246 g/mol. The second-order valence-corrected chi connectivity index (χ2v) is 3.65. The van der Waals surface area contributed by atoms with E-state index in [1.807, 2.05) is 0 Å². The van der Waals surface area contributed by atoms with Crippen LogP contribution in [-0.4, -0.2) is 5.91 Å². The minimum Gasteiger partial charge on any atom is -0.455 e. The fourth-order valence-electron chi connectivity index (χ4n) is 1.45. The van der Waals surface area contributed by atoms with Crippen LogP contribution >= 0.6 is 0 Å². The highest BCUT2D eigenvalue weighted by molar-refractivity contribution is 5.93. The van der Waals surface area contributed by atoms with Gasteiger partial charge >= 0.3 is 0 Å². The molecule has 2 rings (SSSR count). The average Bonchev–Trinajstić information content (AvgIpc) is 2.35. The Bertz CT molecular complexity index is 599. The van der Waals surface area contributed by atoms with Crippen LogP contribution in [0.3, 0.4) is 0 Å². The minimum absolute atomic E-state index is 0.0815. The maximum atomic E-state index is 13.2. The molecule has 0 aliphatic carbocycles. The van der Waals surface area contributed by atoms with Crippen LogP contribution in [-0.2, 0) is 0 Å². The first kappa shape index (κ1) is 11.9. The molecular weight excluding hydrogens is 235 g/mol. The van der Waals surface area contributed by atoms with Gasteiger partial charge in [0.15, 0.2) is 5.75 Å². The zero-order valence-electron chi connectivity index (χ0n) is 9.39. The van der Waals surface area contributed by atoms with Gasteiger partial charge in [-0.05, 0) is 30.3 Å². The maximum Gasteiger partial charge on any atom is 0.248 e. The van der Waals surface area contributed by atoms with E-state index in [1.54, 1.807) is 18.2 Å². The Balaban J connectivity index is 2.31. The van der Waals surface area contributed by atoms with Gasteiger partial charge in [-0.2, -0.15) is 0 Å². The lowest BCUT2D eigenvalue weighted by Crippen LogP contribution is -2.10. The molecule has 1 amide bonds. The van der Waals surface area contributed by atoms with Gasteiger partial charge in [0.2, 0.25) is 5.91 Å². The standard InChI is InChI=1S/C13H11FN2O2/c14-10-5-2-6-11(12(10)15)18-9-4-1-3-8(7-9)13(16)17/h1-7H,15H2,(H2,16,17). The molecule has 0 spiro atoms. The van der Waals surface area contributed by atoms with Crippen LogP contribution in [0.2, 0.25) is 0 Å². The van der Waals surface area contributed by atoms with E-state index in [4.69, 9.17) is 16.2 Å². The lowest BCUT2D eigenvalue weighted by atomic mass is 10.2. The number of carbonyl (C=O) groups excluding carboxylic acids is 1. The van der Waals surface area contributed by atoms with Gasteiger partial charge in [-0.3, -0.25) is 4.79 Å². The van der Waals surface area contributed by atoms with Crippen molar-refractivity contribution in [2.45, 2.75) is 0 Å². The quantitative estimate of drug-likeness (QED) is 0.815. The number of nitrogen functional groups attached to an aromatic ring is 1. The van der Waals surface area contributed by atoms with Gasteiger partial charge in [0.25, 0.3) is 0 Å². The molecule has 0 heterocycles. The molecule has 5 heteroatoms. The number of amides is 1. The van der Waals surface area contributed by atoms with Gasteiger partial charge < -0.3 is 16.2 Å². The van der Waals surface area contributed by atoms with E-state index in [2.05, 4.69) is 0 Å². The first-order chi connectivity index (χ1) is 8.58. The summed E-state index contributed by atoms with van der Waals surface area (Å²) in [6.07, 6.45) is 0. The van der Waals surface area contributed by atoms with Crippen molar-refractivity contribution in [3.63, 3.8) is 0 Å². The molecule has 0 bridgehead atoms. The SMILES string of the molecule is NC(=O)c1cccc(Oc2cccc(F)c2N)c1. The number of benzene rings is 2. The Hall–Kier alpha value is -2.56. The lowest BCUT2D eigenvalue weighted by molar-refractivity contribution is 0.1000. The van der Waals surface area contributed by atoms with Crippen LogP contribution in [0.5, 0.6) is 11.5 Å². The van der Waals surface area contributed by atoms with Crippen molar-refractivity contribution >= 4 is 11.6 Å². The number of ether oxygens (including phenoxy) is 1. The molecule has 18 heavy (non-hydrogen) atoms. The Morgan fingerprint density at radius 3 is 2.61 bits per heavy atom. The van der Waals surface area contributed by atoms with E-state index < -0.39 is 11.7 Å². The maximum absolute atomic E-state index is 13.2. The molecule has 0 aromatic heterocycles. The van der Waals surface area contributed by atoms with Gasteiger partial charge in [0.05, 0.1) is 0 Å². The van der Waals surface area contributed by atoms with Crippen LogP contribution in [0.25, 0.3) is 0 Å². The number of rotatable bonds is 3. The van der Waals surface area contributed by atoms with Crippen LogP contribution in [0, 0.1) is 5.82 Å². The second kappa shape index (κ2) is 4.75. The van der Waals surface area contributed by atoms with Crippen molar-refractivity contribution in [3.05, 3.63) is 53.8 Å². The molecular formula is C13H11FN2O2. The number of hydrogen-bond acceptors (Lipinski definition) is 3. The van der Waals surface area contributed by atoms with Crippen molar-refractivity contribution < 1.29 is 13.9 Å². The molecule has 92 valence electrons. The summed E-state index contributed by atoms with van der Waals surface area (Å²) in [5, 5.41) is 0. The summed E-state index contributed by atoms with van der Waals surface area (Å²) in [5.74, 6) is -0.563. The molecule has 4 nitrogen and oxygen atoms in total. The molecule has 2 aromatic rings. The molecule has 0 aliphatic heterocycles. The third-order valence-electron chi connectivity index (χ3n) is 2.36. The molecule has 0 radical (unpaired) electrons. The highest BCUT2D eigenvalue weighted by Crippen LogP contribution is 2.29. The highest BCUT2D eigenvalue weighted by atomic mass is 19.1. The van der Waals surface area contributed by atoms with Crippen molar-refractivity contribution in [2.24, 2.45) is 5.73 Å². The zero-order chi connectivity index (χ0) is 13.1. The fraction of sp³-hybridized carbons (Fsp3) is 0. The van der Waals surface area contributed by atoms with Crippen LogP contribution in [0.15, 0.2) is 42.5 Å². The van der Waals surface area contributed by atoms with E-state index in [0.717, 1.165) is 0 Å². The Labute approximate surface area is 103 Å². The van der Waals surface area contributed by atoms with Gasteiger partial charge in [-0.15, -0.1) is 0 Å². The third kappa shape index (κ3) is 2.40. The summed E-state index contributed by atoms with van der Waals surface area (Å²) in [7, 11) is 0. The number of hydrogen-bond donors (Lipinski definition) is 2. The van der Waals surface area contributed by atoms with Gasteiger partial charge in [0.1, 0.15) is 17.3 Å². The van der Waals surface area contributed by atoms with Crippen LogP contribution < -0.4 is 16.2 Å². The predicted molar refractivity (Wildman–Crippen MR) is 65.8 cm³/mol. The van der Waals surface area contributed by atoms with Crippen molar-refractivity contribution in [1.82, 2.24) is 0 Å². The van der Waals surface area contributed by atoms with E-state index in [1.165, 1.54) is 24.3 Å². The second-order valence-electron chi connectivity index (χ2n) is 3.65. The number of primary amides is 1. The van der Waals surface area contributed by atoms with Crippen LogP contribution in [0.4, 0.5) is 10.1 Å². The molecule has 0 aliphatic rings. The van der Waals surface area contributed by atoms with E-state index in [-0.39, 0.29) is 11.4 Å². The van der Waals surface area contributed by atoms with E-state index >= 15 is 0 Å². The summed E-state index contributed by atoms with van der Waals surface area (Å²) in [5.41, 5.74) is 10.9. The topological polar surface area (TPSA) is 78.3 Å². The van der Waals surface area contributed by atoms with Gasteiger partial charge in [0, 0.05) is 5.56 Å². The van der Waals surface area contributed by atoms with Gasteiger partial charge in [-0.1, -0.05) is 12.1 Å². The summed E-state index contributed by atoms with van der Waals surface area (Å²) in [4.78, 5) is 11.0. The van der Waals surface area contributed by atoms with Crippen LogP contribution in [0.1, 0.15) is 10.4 Å². The highest BCUT2D eigenvalue weighted by Gasteiger charge is 2.08. The van der Waals surface area contributed by atoms with Crippen molar-refractivity contribution in [3.8, 4) is 11.5 Å². The van der Waals surface area contributed by atoms with Crippen molar-refractivity contribution in [2.75, 3.05) is 5.73 Å². The zero-order valence-corrected chi connectivity index (χ0v) is 9.39. The molecule has 0 atom stereocenters. The number of anilines is 1. The molecule has 0 saturated carbocycles. The Kier molecular flexibility index (Phi) is 3.14. The predicted octanol–water partition coefficient (Wildman–Crippen LogP) is 2.30. The summed E-state index contributed by atoms with van der Waals surface area (Å²) < 4.78 is 18.6. The number of carbonyl (C=O) groups is 1. The number of para-hydroxylation sites is 1. The summed E-state index contributed by atoms with van der Waals surface area (Å²) >= 11 is 0. The van der Waals surface area contributed by atoms with Gasteiger partial charge in [-0.25, -0.2) is 4.39 Å². The molecule has 0 fully saturated rings. The Morgan fingerprint density at radius 1 is 1.17 bits per heavy atom. The summed E-state index contributed by atoms with van der Waals surface area (Å²) in [6, 6.07) is 10.5. The number of nitrogens with two attached hydrogens (primary N) is 2. The van der Waals surface area contributed by atoms with E-state index in [9.17, 15) is 9.18 Å². The minimum atomic E-state index is -0.562. The number of halogens is 1. The molecule has 0 saturated heterocycles. The third-order valence-corrected chi connectivity index (χ3v) is 2.36. The molecule has 0 unspecified atom stereocenters. The first-order valence-corrected chi connectivity index (χ1v) is 5.19. The largest absolute Gasteiger partial charge is 0.455 e. The Morgan fingerprint density at radius 2 is 1.89 bits per heavy atom. The normalized spacial score (nSPS) is 10.1. The lowest BCUT2D eigenvalue weighted by Gasteiger charge is -2.09. The first-order valence-electron chi connectivity index (χ1n) is 5.19. The smallest absolute Gasteiger partial charge is 0.248 e. The van der Waals surface area contributed by atoms with Crippen molar-refractivity contribution in [1.29, 1.82) is 0 Å². The molecule has 4 N–H and O–H groups in total. The van der Waals surface area contributed by atoms with E-state index in [0.29, 0.717) is 11.3 Å². The molecule has 2 aromatic carbocycles. The monoisotopic (exact) mass is 246 g/mol. The summed E-state index contributed by atoms with van der Waals surface area (Å²) in [6.45, 7) is 0. The fourth-order valence-corrected chi connectivity index (χ4v) is 1.45.